The van der Waals surface area contributed by atoms with E-state index in [0.717, 1.165) is 50.5 Å². The minimum absolute atomic E-state index is 0.0413. The van der Waals surface area contributed by atoms with Crippen LogP contribution in [-0.2, 0) is 12.0 Å². The number of aryl methyl sites for hydroxylation is 1. The Bertz CT molecular complexity index is 997. The summed E-state index contributed by atoms with van der Waals surface area (Å²) in [6.07, 6.45) is 8.19. The van der Waals surface area contributed by atoms with Crippen molar-refractivity contribution in [1.29, 1.82) is 0 Å². The lowest BCUT2D eigenvalue weighted by Gasteiger charge is -2.48. The predicted molar refractivity (Wildman–Crippen MR) is 109 cm³/mol. The van der Waals surface area contributed by atoms with E-state index >= 15 is 0 Å². The van der Waals surface area contributed by atoms with Gasteiger partial charge in [-0.25, -0.2) is 24.3 Å². The standard InChI is InChI=1S/C22H23FN6/c1-16-10-24-21(25-11-16)29-14-17-4-2-3-5-19(17)22(15-29)6-8-28(9-7-22)20-26-12-18(23)13-27-20/h2-5,10-13H,6-9,14-15H2,1H3. The van der Waals surface area contributed by atoms with Crippen molar-refractivity contribution >= 4 is 11.9 Å². The zero-order chi connectivity index (χ0) is 19.8. The van der Waals surface area contributed by atoms with E-state index in [1.807, 2.05) is 19.3 Å². The number of aromatic nitrogens is 4. The summed E-state index contributed by atoms with van der Waals surface area (Å²) >= 11 is 0. The van der Waals surface area contributed by atoms with Crippen molar-refractivity contribution in [3.63, 3.8) is 0 Å². The summed E-state index contributed by atoms with van der Waals surface area (Å²) in [5.74, 6) is 0.982. The molecule has 4 heterocycles. The maximum Gasteiger partial charge on any atom is 0.225 e. The van der Waals surface area contributed by atoms with Gasteiger partial charge in [0.05, 0.1) is 12.4 Å². The average molecular weight is 390 g/mol. The zero-order valence-corrected chi connectivity index (χ0v) is 16.4. The molecule has 1 saturated heterocycles. The Labute approximate surface area is 169 Å². The van der Waals surface area contributed by atoms with Gasteiger partial charge in [-0.15, -0.1) is 0 Å². The number of fused-ring (bicyclic) bond motifs is 2. The van der Waals surface area contributed by atoms with Gasteiger partial charge in [-0.2, -0.15) is 0 Å². The fourth-order valence-electron chi connectivity index (χ4n) is 4.61. The van der Waals surface area contributed by atoms with E-state index in [1.165, 1.54) is 23.5 Å². The van der Waals surface area contributed by atoms with Crippen LogP contribution in [0.3, 0.4) is 0 Å². The Morgan fingerprint density at radius 1 is 0.862 bits per heavy atom. The zero-order valence-electron chi connectivity index (χ0n) is 16.4. The van der Waals surface area contributed by atoms with Gasteiger partial charge in [-0.05, 0) is 36.5 Å². The van der Waals surface area contributed by atoms with Gasteiger partial charge in [0, 0.05) is 44.0 Å². The van der Waals surface area contributed by atoms with Crippen LogP contribution in [-0.4, -0.2) is 39.6 Å². The molecule has 1 spiro atoms. The van der Waals surface area contributed by atoms with E-state index in [2.05, 4.69) is 54.0 Å². The monoisotopic (exact) mass is 390 g/mol. The number of rotatable bonds is 2. The van der Waals surface area contributed by atoms with Crippen LogP contribution in [0, 0.1) is 12.7 Å². The van der Waals surface area contributed by atoms with Crippen LogP contribution in [0.15, 0.2) is 49.1 Å². The van der Waals surface area contributed by atoms with Crippen LogP contribution >= 0.6 is 0 Å². The second-order valence-electron chi connectivity index (χ2n) is 8.04. The summed E-state index contributed by atoms with van der Waals surface area (Å²) in [6, 6.07) is 8.72. The highest BCUT2D eigenvalue weighted by Crippen LogP contribution is 2.42. The first-order valence-corrected chi connectivity index (χ1v) is 9.97. The fourth-order valence-corrected chi connectivity index (χ4v) is 4.61. The second kappa shape index (κ2) is 7.06. The molecular weight excluding hydrogens is 367 g/mol. The summed E-state index contributed by atoms with van der Waals surface area (Å²) < 4.78 is 13.2. The Morgan fingerprint density at radius 2 is 1.48 bits per heavy atom. The molecule has 5 rings (SSSR count). The smallest absolute Gasteiger partial charge is 0.225 e. The molecule has 0 unspecified atom stereocenters. The van der Waals surface area contributed by atoms with Crippen LogP contribution in [0.2, 0.25) is 0 Å². The van der Waals surface area contributed by atoms with Crippen LogP contribution in [0.5, 0.6) is 0 Å². The lowest BCUT2D eigenvalue weighted by molar-refractivity contribution is 0.312. The van der Waals surface area contributed by atoms with E-state index in [0.29, 0.717) is 5.95 Å². The first-order chi connectivity index (χ1) is 14.1. The van der Waals surface area contributed by atoms with Gasteiger partial charge in [-0.1, -0.05) is 24.3 Å². The number of piperidine rings is 1. The third kappa shape index (κ3) is 3.30. The normalized spacial score (nSPS) is 18.0. The molecule has 0 N–H and O–H groups in total. The summed E-state index contributed by atoms with van der Waals surface area (Å²) in [7, 11) is 0. The molecule has 6 nitrogen and oxygen atoms in total. The van der Waals surface area contributed by atoms with Crippen LogP contribution in [0.25, 0.3) is 0 Å². The number of benzene rings is 1. The van der Waals surface area contributed by atoms with Gasteiger partial charge in [0.15, 0.2) is 5.82 Å². The maximum atomic E-state index is 13.2. The van der Waals surface area contributed by atoms with E-state index < -0.39 is 5.82 Å². The second-order valence-corrected chi connectivity index (χ2v) is 8.04. The molecule has 29 heavy (non-hydrogen) atoms. The van der Waals surface area contributed by atoms with Crippen molar-refractivity contribution in [3.8, 4) is 0 Å². The van der Waals surface area contributed by atoms with Gasteiger partial charge >= 0.3 is 0 Å². The Kier molecular flexibility index (Phi) is 4.38. The summed E-state index contributed by atoms with van der Waals surface area (Å²) in [4.78, 5) is 21.9. The quantitative estimate of drug-likeness (QED) is 0.669. The summed E-state index contributed by atoms with van der Waals surface area (Å²) in [6.45, 7) is 5.39. The summed E-state index contributed by atoms with van der Waals surface area (Å²) in [5.41, 5.74) is 3.88. The Morgan fingerprint density at radius 3 is 2.21 bits per heavy atom. The van der Waals surface area contributed by atoms with Crippen molar-refractivity contribution in [1.82, 2.24) is 19.9 Å². The molecule has 1 fully saturated rings. The Hall–Kier alpha value is -3.09. The Balaban J connectivity index is 1.43. The van der Waals surface area contributed by atoms with Crippen molar-refractivity contribution in [2.75, 3.05) is 29.4 Å². The first kappa shape index (κ1) is 18.0. The molecule has 7 heteroatoms. The number of hydrogen-bond acceptors (Lipinski definition) is 6. The van der Waals surface area contributed by atoms with Crippen LogP contribution in [0.4, 0.5) is 16.3 Å². The SMILES string of the molecule is Cc1cnc(N2Cc3ccccc3C3(CCN(c4ncc(F)cn4)CC3)C2)nc1. The minimum atomic E-state index is -0.405. The van der Waals surface area contributed by atoms with Gasteiger partial charge in [0.1, 0.15) is 0 Å². The molecule has 2 aromatic heterocycles. The molecule has 1 aromatic carbocycles. The minimum Gasteiger partial charge on any atom is -0.341 e. The third-order valence-corrected chi connectivity index (χ3v) is 6.10. The molecule has 2 aliphatic heterocycles. The molecule has 0 atom stereocenters. The van der Waals surface area contributed by atoms with Crippen molar-refractivity contribution < 1.29 is 4.39 Å². The van der Waals surface area contributed by atoms with Gasteiger partial charge in [0.25, 0.3) is 0 Å². The highest BCUT2D eigenvalue weighted by molar-refractivity contribution is 5.47. The molecular formula is C22H23FN6. The molecule has 0 radical (unpaired) electrons. The van der Waals surface area contributed by atoms with E-state index in [-0.39, 0.29) is 5.41 Å². The van der Waals surface area contributed by atoms with Crippen molar-refractivity contribution in [2.45, 2.75) is 31.7 Å². The summed E-state index contributed by atoms with van der Waals surface area (Å²) in [5, 5.41) is 0. The van der Waals surface area contributed by atoms with E-state index in [1.54, 1.807) is 0 Å². The fraction of sp³-hybridized carbons (Fsp3) is 0.364. The van der Waals surface area contributed by atoms with Gasteiger partial charge in [0.2, 0.25) is 11.9 Å². The van der Waals surface area contributed by atoms with Crippen molar-refractivity contribution in [3.05, 3.63) is 71.6 Å². The molecule has 2 aliphatic rings. The van der Waals surface area contributed by atoms with Crippen molar-refractivity contribution in [2.24, 2.45) is 0 Å². The molecule has 3 aromatic rings. The first-order valence-electron chi connectivity index (χ1n) is 9.97. The number of halogens is 1. The number of hydrogen-bond donors (Lipinski definition) is 0. The predicted octanol–water partition coefficient (Wildman–Crippen LogP) is 3.27. The van der Waals surface area contributed by atoms with E-state index in [4.69, 9.17) is 0 Å². The molecule has 0 bridgehead atoms. The molecule has 148 valence electrons. The van der Waals surface area contributed by atoms with E-state index in [9.17, 15) is 4.39 Å². The largest absolute Gasteiger partial charge is 0.341 e. The maximum absolute atomic E-state index is 13.2. The number of anilines is 2. The van der Waals surface area contributed by atoms with Crippen LogP contribution < -0.4 is 9.80 Å². The molecule has 0 saturated carbocycles. The molecule has 0 aliphatic carbocycles. The lowest BCUT2D eigenvalue weighted by atomic mass is 9.69. The topological polar surface area (TPSA) is 58.0 Å². The molecule has 0 amide bonds. The highest BCUT2D eigenvalue weighted by Gasteiger charge is 2.42. The third-order valence-electron chi connectivity index (χ3n) is 6.10. The van der Waals surface area contributed by atoms with Crippen LogP contribution in [0.1, 0.15) is 29.5 Å². The van der Waals surface area contributed by atoms with Gasteiger partial charge in [-0.3, -0.25) is 0 Å². The number of nitrogens with zero attached hydrogens (tertiary/aromatic N) is 6. The highest BCUT2D eigenvalue weighted by atomic mass is 19.1. The van der Waals surface area contributed by atoms with Gasteiger partial charge < -0.3 is 9.80 Å². The average Bonchev–Trinajstić information content (AvgIpc) is 2.76. The lowest BCUT2D eigenvalue weighted by Crippen LogP contribution is -2.52.